The molecule has 0 aromatic heterocycles. The van der Waals surface area contributed by atoms with E-state index in [1.807, 2.05) is 6.07 Å². The summed E-state index contributed by atoms with van der Waals surface area (Å²) in [6.45, 7) is 0. The van der Waals surface area contributed by atoms with E-state index in [1.165, 1.54) is 22.3 Å². The first-order valence-corrected chi connectivity index (χ1v) is 13.3. The van der Waals surface area contributed by atoms with Crippen LogP contribution in [-0.2, 0) is 0 Å². The van der Waals surface area contributed by atoms with Gasteiger partial charge >= 0.3 is 0 Å². The van der Waals surface area contributed by atoms with Crippen molar-refractivity contribution in [3.8, 4) is 22.3 Å². The Balaban J connectivity index is 1.36. The minimum Gasteiger partial charge on any atom is -0.345 e. The van der Waals surface area contributed by atoms with Gasteiger partial charge in [0.1, 0.15) is 0 Å². The Morgan fingerprint density at radius 2 is 0.564 bits per heavy atom. The molecule has 0 saturated heterocycles. The molecular formula is C37H30N2. The van der Waals surface area contributed by atoms with Gasteiger partial charge in [-0.25, -0.2) is 0 Å². The van der Waals surface area contributed by atoms with Gasteiger partial charge < -0.3 is 9.80 Å². The SMILES string of the molecule is CN(c1ccccc1)c1ccc(N(c2ccc(-c3ccccc3)cc2)c2ccc(-c3ccccc3)cc2)cc1. The van der Waals surface area contributed by atoms with Gasteiger partial charge in [0.15, 0.2) is 0 Å². The van der Waals surface area contributed by atoms with Crippen molar-refractivity contribution in [2.24, 2.45) is 0 Å². The molecule has 0 aliphatic carbocycles. The maximum atomic E-state index is 2.32. The van der Waals surface area contributed by atoms with E-state index in [0.29, 0.717) is 0 Å². The molecule has 0 bridgehead atoms. The van der Waals surface area contributed by atoms with E-state index in [2.05, 4.69) is 175 Å². The second-order valence-electron chi connectivity index (χ2n) is 9.57. The highest BCUT2D eigenvalue weighted by atomic mass is 15.1. The molecule has 0 heterocycles. The van der Waals surface area contributed by atoms with Crippen LogP contribution in [0.25, 0.3) is 22.3 Å². The van der Waals surface area contributed by atoms with Crippen LogP contribution in [0.15, 0.2) is 164 Å². The van der Waals surface area contributed by atoms with Crippen LogP contribution in [0.4, 0.5) is 28.4 Å². The first-order valence-electron chi connectivity index (χ1n) is 13.3. The molecule has 0 aliphatic heterocycles. The Labute approximate surface area is 231 Å². The Hall–Kier alpha value is -5.08. The van der Waals surface area contributed by atoms with E-state index < -0.39 is 0 Å². The fourth-order valence-electron chi connectivity index (χ4n) is 4.94. The van der Waals surface area contributed by atoms with Crippen LogP contribution in [0, 0.1) is 0 Å². The maximum absolute atomic E-state index is 2.32. The molecule has 6 aromatic rings. The number of rotatable bonds is 7. The van der Waals surface area contributed by atoms with Crippen molar-refractivity contribution in [2.45, 2.75) is 0 Å². The first-order chi connectivity index (χ1) is 19.3. The number of benzene rings is 6. The summed E-state index contributed by atoms with van der Waals surface area (Å²) in [6.07, 6.45) is 0. The lowest BCUT2D eigenvalue weighted by atomic mass is 10.0. The Morgan fingerprint density at radius 1 is 0.282 bits per heavy atom. The Kier molecular flexibility index (Phi) is 6.92. The van der Waals surface area contributed by atoms with E-state index in [4.69, 9.17) is 0 Å². The predicted octanol–water partition coefficient (Wildman–Crippen LogP) is 10.3. The first kappa shape index (κ1) is 24.3. The summed E-state index contributed by atoms with van der Waals surface area (Å²) >= 11 is 0. The maximum Gasteiger partial charge on any atom is 0.0463 e. The Bertz CT molecular complexity index is 1530. The summed E-state index contributed by atoms with van der Waals surface area (Å²) in [6, 6.07) is 57.9. The zero-order valence-electron chi connectivity index (χ0n) is 22.0. The predicted molar refractivity (Wildman–Crippen MR) is 167 cm³/mol. The largest absolute Gasteiger partial charge is 0.345 e. The third-order valence-corrected chi connectivity index (χ3v) is 7.10. The standard InChI is InChI=1S/C37H30N2/c1-38(33-15-9-4-10-16-33)34-25-27-37(28-26-34)39(35-21-17-31(18-22-35)29-11-5-2-6-12-29)36-23-19-32(20-24-36)30-13-7-3-8-14-30/h2-28H,1H3. The van der Waals surface area contributed by atoms with Crippen molar-refractivity contribution in [3.63, 3.8) is 0 Å². The molecule has 39 heavy (non-hydrogen) atoms. The molecule has 0 atom stereocenters. The molecule has 0 N–H and O–H groups in total. The van der Waals surface area contributed by atoms with Crippen LogP contribution in [-0.4, -0.2) is 7.05 Å². The van der Waals surface area contributed by atoms with Crippen LogP contribution >= 0.6 is 0 Å². The number of hydrogen-bond acceptors (Lipinski definition) is 2. The number of anilines is 5. The molecular weight excluding hydrogens is 472 g/mol. The molecule has 0 unspecified atom stereocenters. The lowest BCUT2D eigenvalue weighted by Gasteiger charge is -2.27. The summed E-state index contributed by atoms with van der Waals surface area (Å²) in [7, 11) is 2.10. The zero-order valence-corrected chi connectivity index (χ0v) is 22.0. The van der Waals surface area contributed by atoms with Gasteiger partial charge in [-0.05, 0) is 82.9 Å². The second kappa shape index (κ2) is 11.1. The molecule has 2 nitrogen and oxygen atoms in total. The lowest BCUT2D eigenvalue weighted by Crippen LogP contribution is -2.12. The van der Waals surface area contributed by atoms with Crippen molar-refractivity contribution in [3.05, 3.63) is 164 Å². The summed E-state index contributed by atoms with van der Waals surface area (Å²) in [5.74, 6) is 0. The summed E-state index contributed by atoms with van der Waals surface area (Å²) in [4.78, 5) is 4.52. The van der Waals surface area contributed by atoms with Crippen molar-refractivity contribution in [1.82, 2.24) is 0 Å². The fourth-order valence-corrected chi connectivity index (χ4v) is 4.94. The molecule has 0 radical (unpaired) electrons. The van der Waals surface area contributed by atoms with E-state index in [9.17, 15) is 0 Å². The van der Waals surface area contributed by atoms with Crippen molar-refractivity contribution in [2.75, 3.05) is 16.8 Å². The van der Waals surface area contributed by atoms with Gasteiger partial charge in [-0.2, -0.15) is 0 Å². The van der Waals surface area contributed by atoms with Gasteiger partial charge in [0.25, 0.3) is 0 Å². The van der Waals surface area contributed by atoms with E-state index in [-0.39, 0.29) is 0 Å². The van der Waals surface area contributed by atoms with Gasteiger partial charge in [-0.1, -0.05) is 103 Å². The highest BCUT2D eigenvalue weighted by molar-refractivity contribution is 5.80. The molecule has 188 valence electrons. The van der Waals surface area contributed by atoms with Crippen LogP contribution < -0.4 is 9.80 Å². The third kappa shape index (κ3) is 5.32. The molecule has 6 aromatic carbocycles. The van der Waals surface area contributed by atoms with Crippen molar-refractivity contribution < 1.29 is 0 Å². The van der Waals surface area contributed by atoms with Crippen LogP contribution in [0.1, 0.15) is 0 Å². The average molecular weight is 503 g/mol. The van der Waals surface area contributed by atoms with E-state index >= 15 is 0 Å². The fraction of sp³-hybridized carbons (Fsp3) is 0.0270. The molecule has 0 amide bonds. The van der Waals surface area contributed by atoms with Crippen LogP contribution in [0.5, 0.6) is 0 Å². The monoisotopic (exact) mass is 502 g/mol. The molecule has 2 heteroatoms. The van der Waals surface area contributed by atoms with Gasteiger partial charge in [0.05, 0.1) is 0 Å². The summed E-state index contributed by atoms with van der Waals surface area (Å²) in [5.41, 5.74) is 10.5. The summed E-state index contributed by atoms with van der Waals surface area (Å²) in [5, 5.41) is 0. The minimum atomic E-state index is 1.11. The normalized spacial score (nSPS) is 10.7. The highest BCUT2D eigenvalue weighted by Gasteiger charge is 2.14. The van der Waals surface area contributed by atoms with E-state index in [0.717, 1.165) is 28.4 Å². The zero-order chi connectivity index (χ0) is 26.4. The summed E-state index contributed by atoms with van der Waals surface area (Å²) < 4.78 is 0. The van der Waals surface area contributed by atoms with Crippen LogP contribution in [0.2, 0.25) is 0 Å². The minimum absolute atomic E-state index is 1.11. The second-order valence-corrected chi connectivity index (χ2v) is 9.57. The topological polar surface area (TPSA) is 6.48 Å². The molecule has 0 spiro atoms. The van der Waals surface area contributed by atoms with Crippen LogP contribution in [0.3, 0.4) is 0 Å². The average Bonchev–Trinajstić information content (AvgIpc) is 3.03. The lowest BCUT2D eigenvalue weighted by molar-refractivity contribution is 1.20. The van der Waals surface area contributed by atoms with Gasteiger partial charge in [0, 0.05) is 35.5 Å². The van der Waals surface area contributed by atoms with Gasteiger partial charge in [-0.15, -0.1) is 0 Å². The number of nitrogens with zero attached hydrogens (tertiary/aromatic N) is 2. The third-order valence-electron chi connectivity index (χ3n) is 7.10. The van der Waals surface area contributed by atoms with E-state index in [1.54, 1.807) is 0 Å². The van der Waals surface area contributed by atoms with Gasteiger partial charge in [0.2, 0.25) is 0 Å². The van der Waals surface area contributed by atoms with Crippen molar-refractivity contribution >= 4 is 28.4 Å². The van der Waals surface area contributed by atoms with Gasteiger partial charge in [-0.3, -0.25) is 0 Å². The molecule has 0 aliphatic rings. The molecule has 0 saturated carbocycles. The highest BCUT2D eigenvalue weighted by Crippen LogP contribution is 2.37. The van der Waals surface area contributed by atoms with Crippen molar-refractivity contribution in [1.29, 1.82) is 0 Å². The Morgan fingerprint density at radius 3 is 0.974 bits per heavy atom. The smallest absolute Gasteiger partial charge is 0.0463 e. The number of para-hydroxylation sites is 1. The number of hydrogen-bond donors (Lipinski definition) is 0. The molecule has 6 rings (SSSR count). The molecule has 0 fully saturated rings. The quantitative estimate of drug-likeness (QED) is 0.214.